The van der Waals surface area contributed by atoms with Crippen LogP contribution < -0.4 is 0 Å². The minimum absolute atomic E-state index is 0.00915. The maximum absolute atomic E-state index is 12.9. The largest absolute Gasteiger partial charge is 0.472 e. The topological polar surface area (TPSA) is 95.3 Å². The Kier molecular flexibility index (Phi) is 4.87. The fourth-order valence-electron chi connectivity index (χ4n) is 7.27. The van der Waals surface area contributed by atoms with E-state index in [1.165, 1.54) is 7.11 Å². The summed E-state index contributed by atoms with van der Waals surface area (Å²) >= 11 is 0. The average molecular weight is 469 g/mol. The summed E-state index contributed by atoms with van der Waals surface area (Å²) in [5, 5.41) is 0. The lowest BCUT2D eigenvalue weighted by Gasteiger charge is -2.56. The van der Waals surface area contributed by atoms with Gasteiger partial charge >= 0.3 is 11.9 Å². The molecule has 7 nitrogen and oxygen atoms in total. The second-order valence-corrected chi connectivity index (χ2v) is 11.3. The highest BCUT2D eigenvalue weighted by molar-refractivity contribution is 5.96. The van der Waals surface area contributed by atoms with Gasteiger partial charge in [-0.05, 0) is 47.8 Å². The molecule has 7 atom stereocenters. The Morgan fingerprint density at radius 2 is 1.94 bits per heavy atom. The predicted octanol–water partition coefficient (Wildman–Crippen LogP) is 4.34. The van der Waals surface area contributed by atoms with E-state index in [-0.39, 0.29) is 30.0 Å². The molecule has 7 heteroatoms. The minimum atomic E-state index is -0.856. The highest BCUT2D eigenvalue weighted by atomic mass is 16.7. The van der Waals surface area contributed by atoms with E-state index in [1.54, 1.807) is 18.6 Å². The number of cyclic esters (lactones) is 1. The summed E-state index contributed by atoms with van der Waals surface area (Å²) in [5.41, 5.74) is -1.04. The van der Waals surface area contributed by atoms with Gasteiger partial charge in [0, 0.05) is 16.4 Å². The Hall–Kier alpha value is -2.67. The zero-order valence-electron chi connectivity index (χ0n) is 20.4. The van der Waals surface area contributed by atoms with E-state index in [9.17, 15) is 14.4 Å². The summed E-state index contributed by atoms with van der Waals surface area (Å²) in [5.74, 6) is -1.15. The quantitative estimate of drug-likeness (QED) is 0.368. The van der Waals surface area contributed by atoms with Gasteiger partial charge in [0.25, 0.3) is 0 Å². The molecule has 2 aliphatic carbocycles. The Bertz CT molecular complexity index is 1100. The van der Waals surface area contributed by atoms with Crippen molar-refractivity contribution in [2.75, 3.05) is 7.11 Å². The minimum Gasteiger partial charge on any atom is -0.472 e. The van der Waals surface area contributed by atoms with E-state index in [0.29, 0.717) is 0 Å². The van der Waals surface area contributed by atoms with Gasteiger partial charge in [0.1, 0.15) is 11.7 Å². The molecule has 0 N–H and O–H groups in total. The van der Waals surface area contributed by atoms with Crippen LogP contribution in [0.5, 0.6) is 0 Å². The molecule has 0 amide bonds. The van der Waals surface area contributed by atoms with Crippen LogP contribution in [0, 0.1) is 28.1 Å². The predicted molar refractivity (Wildman–Crippen MR) is 121 cm³/mol. The van der Waals surface area contributed by atoms with E-state index < -0.39 is 40.0 Å². The molecule has 182 valence electrons. The van der Waals surface area contributed by atoms with Crippen LogP contribution in [0.2, 0.25) is 0 Å². The molecule has 1 aromatic rings. The van der Waals surface area contributed by atoms with E-state index in [0.717, 1.165) is 24.0 Å². The third kappa shape index (κ3) is 2.76. The van der Waals surface area contributed by atoms with E-state index in [4.69, 9.17) is 18.6 Å². The number of rotatable bonds is 4. The third-order valence-electron chi connectivity index (χ3n) is 9.39. The molecule has 1 spiro atoms. The number of epoxide rings is 1. The van der Waals surface area contributed by atoms with Gasteiger partial charge < -0.3 is 18.6 Å². The van der Waals surface area contributed by atoms with Crippen LogP contribution in [-0.2, 0) is 28.6 Å². The molecule has 2 saturated heterocycles. The fraction of sp³-hybridized carbons (Fsp3) is 0.593. The fourth-order valence-corrected chi connectivity index (χ4v) is 7.27. The number of ether oxygens (including phenoxy) is 3. The van der Waals surface area contributed by atoms with Crippen molar-refractivity contribution in [2.24, 2.45) is 28.1 Å². The molecule has 3 heterocycles. The molecular formula is C27H32O7. The molecule has 0 unspecified atom stereocenters. The van der Waals surface area contributed by atoms with E-state index in [1.807, 2.05) is 26.0 Å². The Labute approximate surface area is 199 Å². The summed E-state index contributed by atoms with van der Waals surface area (Å²) in [6.07, 6.45) is 7.16. The van der Waals surface area contributed by atoms with Crippen LogP contribution in [0.25, 0.3) is 0 Å². The molecule has 1 saturated carbocycles. The van der Waals surface area contributed by atoms with Crippen LogP contribution >= 0.6 is 0 Å². The number of carbonyl (C=O) groups excluding carboxylic acids is 3. The maximum Gasteiger partial charge on any atom is 0.339 e. The van der Waals surface area contributed by atoms with Crippen LogP contribution in [0.15, 0.2) is 47.3 Å². The van der Waals surface area contributed by atoms with Crippen molar-refractivity contribution < 1.29 is 33.0 Å². The lowest BCUT2D eigenvalue weighted by Crippen LogP contribution is -2.58. The highest BCUT2D eigenvalue weighted by Gasteiger charge is 2.80. The van der Waals surface area contributed by atoms with Crippen molar-refractivity contribution in [3.63, 3.8) is 0 Å². The molecule has 0 radical (unpaired) electrons. The van der Waals surface area contributed by atoms with Crippen molar-refractivity contribution in [3.05, 3.63) is 48.5 Å². The number of carbonyl (C=O) groups is 3. The lowest BCUT2D eigenvalue weighted by atomic mass is 9.47. The van der Waals surface area contributed by atoms with Gasteiger partial charge in [0.05, 0.1) is 26.1 Å². The molecule has 0 bridgehead atoms. The zero-order chi connectivity index (χ0) is 24.7. The molecule has 3 fully saturated rings. The number of hydrogen-bond donors (Lipinski definition) is 0. The number of hydrogen-bond acceptors (Lipinski definition) is 7. The molecular weight excluding hydrogens is 436 g/mol. The first-order chi connectivity index (χ1) is 15.9. The van der Waals surface area contributed by atoms with Crippen LogP contribution in [-0.4, -0.2) is 36.5 Å². The molecule has 0 aromatic carbocycles. The summed E-state index contributed by atoms with van der Waals surface area (Å²) < 4.78 is 22.4. The van der Waals surface area contributed by atoms with Gasteiger partial charge in [-0.2, -0.15) is 0 Å². The number of esters is 2. The van der Waals surface area contributed by atoms with Gasteiger partial charge in [-0.25, -0.2) is 4.79 Å². The summed E-state index contributed by atoms with van der Waals surface area (Å²) in [6.45, 7) is 12.5. The molecule has 4 aliphatic rings. The smallest absolute Gasteiger partial charge is 0.339 e. The number of furan rings is 1. The highest BCUT2D eigenvalue weighted by Crippen LogP contribution is 2.72. The zero-order valence-corrected chi connectivity index (χ0v) is 20.4. The Morgan fingerprint density at radius 1 is 1.21 bits per heavy atom. The third-order valence-corrected chi connectivity index (χ3v) is 9.39. The average Bonchev–Trinajstić information content (AvgIpc) is 3.35. The van der Waals surface area contributed by atoms with Crippen molar-refractivity contribution in [1.29, 1.82) is 0 Å². The van der Waals surface area contributed by atoms with Crippen LogP contribution in [0.3, 0.4) is 0 Å². The van der Waals surface area contributed by atoms with Crippen molar-refractivity contribution >= 4 is 17.7 Å². The number of methoxy groups -OCH3 is 1. The molecule has 1 aromatic heterocycles. The Balaban J connectivity index is 1.57. The Morgan fingerprint density at radius 3 is 2.59 bits per heavy atom. The summed E-state index contributed by atoms with van der Waals surface area (Å²) in [6, 6.07) is 1.82. The first kappa shape index (κ1) is 23.1. The van der Waals surface area contributed by atoms with Gasteiger partial charge in [-0.1, -0.05) is 40.3 Å². The summed E-state index contributed by atoms with van der Waals surface area (Å²) in [7, 11) is 1.36. The van der Waals surface area contributed by atoms with Crippen molar-refractivity contribution in [3.8, 4) is 0 Å². The van der Waals surface area contributed by atoms with E-state index >= 15 is 0 Å². The van der Waals surface area contributed by atoms with Gasteiger partial charge in [0.2, 0.25) is 0 Å². The SMILES string of the molecule is C=C1[C@H]([C@@]2(C)C=CC(=O)C(C)(C)[C@@H]2CC(=O)OC)CC[C@]2(C)[C@H](c3ccoc3)OC(=O)[C@H]3O[C@]132. The second kappa shape index (κ2) is 7.17. The normalized spacial score (nSPS) is 42.4. The molecule has 2 aliphatic heterocycles. The standard InChI is InChI=1S/C27H32O7/c1-15-17(25(4)10-8-19(28)24(2,3)18(25)13-20(29)31-6)7-11-26(5)21(16-9-12-32-14-16)33-23(30)22-27(15,26)34-22/h8-10,12,14,17-18,21-22H,1,7,11,13H2,2-6H3/t17-,18+,21+,22-,25-,26-,27-/m1/s1. The lowest BCUT2D eigenvalue weighted by molar-refractivity contribution is -0.168. The monoisotopic (exact) mass is 468 g/mol. The van der Waals surface area contributed by atoms with Crippen LogP contribution in [0.4, 0.5) is 0 Å². The number of ketones is 1. The van der Waals surface area contributed by atoms with E-state index in [2.05, 4.69) is 20.4 Å². The first-order valence-electron chi connectivity index (χ1n) is 11.8. The first-order valence-corrected chi connectivity index (χ1v) is 11.8. The van der Waals surface area contributed by atoms with Gasteiger partial charge in [-0.3, -0.25) is 9.59 Å². The van der Waals surface area contributed by atoms with Gasteiger partial charge in [-0.15, -0.1) is 0 Å². The van der Waals surface area contributed by atoms with Gasteiger partial charge in [0.15, 0.2) is 11.9 Å². The van der Waals surface area contributed by atoms with Crippen molar-refractivity contribution in [1.82, 2.24) is 0 Å². The maximum atomic E-state index is 12.9. The second-order valence-electron chi connectivity index (χ2n) is 11.3. The van der Waals surface area contributed by atoms with Crippen molar-refractivity contribution in [2.45, 2.75) is 64.8 Å². The number of allylic oxidation sites excluding steroid dienone is 2. The molecule has 34 heavy (non-hydrogen) atoms. The summed E-state index contributed by atoms with van der Waals surface area (Å²) in [4.78, 5) is 38.2. The van der Waals surface area contributed by atoms with Crippen LogP contribution in [0.1, 0.15) is 58.6 Å². The molecule has 5 rings (SSSR count).